The Balaban J connectivity index is 1.89. The highest BCUT2D eigenvalue weighted by Crippen LogP contribution is 2.19. The van der Waals surface area contributed by atoms with Crippen molar-refractivity contribution in [2.45, 2.75) is 26.7 Å². The molecular formula is C16H20FN3O3. The Kier molecular flexibility index (Phi) is 5.81. The zero-order chi connectivity index (χ0) is 16.8. The Bertz CT molecular complexity index is 672. The highest BCUT2D eigenvalue weighted by Gasteiger charge is 2.12. The molecular weight excluding hydrogens is 301 g/mol. The number of hydrogen-bond acceptors (Lipinski definition) is 5. The molecule has 1 aromatic heterocycles. The van der Waals surface area contributed by atoms with Crippen LogP contribution in [0.5, 0.6) is 0 Å². The van der Waals surface area contributed by atoms with Gasteiger partial charge in [-0.3, -0.25) is 4.79 Å². The second-order valence-electron chi connectivity index (χ2n) is 5.57. The number of aliphatic hydroxyl groups excluding tert-OH is 1. The van der Waals surface area contributed by atoms with Gasteiger partial charge in [-0.2, -0.15) is 4.98 Å². The average Bonchev–Trinajstić information content (AvgIpc) is 3.02. The van der Waals surface area contributed by atoms with Crippen molar-refractivity contribution in [3.8, 4) is 11.4 Å². The predicted octanol–water partition coefficient (Wildman–Crippen LogP) is 1.86. The summed E-state index contributed by atoms with van der Waals surface area (Å²) in [5.41, 5.74) is 1.17. The van der Waals surface area contributed by atoms with Crippen molar-refractivity contribution in [1.29, 1.82) is 0 Å². The van der Waals surface area contributed by atoms with Crippen LogP contribution in [-0.2, 0) is 11.2 Å². The van der Waals surface area contributed by atoms with Gasteiger partial charge in [-0.15, -0.1) is 0 Å². The minimum absolute atomic E-state index is 0.0238. The summed E-state index contributed by atoms with van der Waals surface area (Å²) in [6, 6.07) is 4.59. The smallest absolute Gasteiger partial charge is 0.227 e. The number of rotatable bonds is 7. The summed E-state index contributed by atoms with van der Waals surface area (Å²) in [6.07, 6.45) is 0.550. The van der Waals surface area contributed by atoms with E-state index in [9.17, 15) is 9.18 Å². The molecule has 0 aliphatic rings. The normalized spacial score (nSPS) is 12.2. The van der Waals surface area contributed by atoms with Crippen molar-refractivity contribution in [3.05, 3.63) is 35.5 Å². The van der Waals surface area contributed by atoms with Gasteiger partial charge < -0.3 is 14.9 Å². The van der Waals surface area contributed by atoms with Gasteiger partial charge in [0.25, 0.3) is 0 Å². The van der Waals surface area contributed by atoms with E-state index in [0.717, 1.165) is 0 Å². The van der Waals surface area contributed by atoms with E-state index in [1.807, 2.05) is 6.92 Å². The molecule has 0 radical (unpaired) electrons. The minimum Gasteiger partial charge on any atom is -0.396 e. The number of nitrogens with zero attached hydrogens (tertiary/aromatic N) is 2. The molecule has 2 aromatic rings. The first kappa shape index (κ1) is 17.1. The standard InChI is InChI=1S/C16H20FN3O3/c1-10(9-21)8-18-14(22)5-6-15-19-16(20-23-15)12-3-4-13(17)11(2)7-12/h3-4,7,10,21H,5-6,8-9H2,1-2H3,(H,18,22). The summed E-state index contributed by atoms with van der Waals surface area (Å²) in [5.74, 6) is 0.328. The maximum absolute atomic E-state index is 13.3. The molecule has 0 saturated carbocycles. The first-order valence-electron chi connectivity index (χ1n) is 7.46. The summed E-state index contributed by atoms with van der Waals surface area (Å²) in [4.78, 5) is 15.9. The molecule has 1 amide bonds. The first-order chi connectivity index (χ1) is 11.0. The second-order valence-corrected chi connectivity index (χ2v) is 5.57. The lowest BCUT2D eigenvalue weighted by atomic mass is 10.1. The van der Waals surface area contributed by atoms with Gasteiger partial charge in [0.05, 0.1) is 0 Å². The van der Waals surface area contributed by atoms with Gasteiger partial charge in [0.15, 0.2) is 0 Å². The van der Waals surface area contributed by atoms with E-state index in [2.05, 4.69) is 15.5 Å². The third kappa shape index (κ3) is 4.85. The van der Waals surface area contributed by atoms with Crippen LogP contribution in [0.4, 0.5) is 4.39 Å². The fraction of sp³-hybridized carbons (Fsp3) is 0.438. The Morgan fingerprint density at radius 2 is 2.26 bits per heavy atom. The van der Waals surface area contributed by atoms with Crippen LogP contribution in [0.15, 0.2) is 22.7 Å². The molecule has 0 aliphatic heterocycles. The van der Waals surface area contributed by atoms with Crippen molar-refractivity contribution < 1.29 is 18.8 Å². The summed E-state index contributed by atoms with van der Waals surface area (Å²) < 4.78 is 18.4. The van der Waals surface area contributed by atoms with E-state index in [-0.39, 0.29) is 30.7 Å². The van der Waals surface area contributed by atoms with Crippen LogP contribution in [0, 0.1) is 18.7 Å². The van der Waals surface area contributed by atoms with Crippen molar-refractivity contribution in [3.63, 3.8) is 0 Å². The van der Waals surface area contributed by atoms with Gasteiger partial charge >= 0.3 is 0 Å². The Hall–Kier alpha value is -2.28. The fourth-order valence-corrected chi connectivity index (χ4v) is 1.92. The van der Waals surface area contributed by atoms with Crippen molar-refractivity contribution in [2.24, 2.45) is 5.92 Å². The molecule has 0 spiro atoms. The number of hydrogen-bond donors (Lipinski definition) is 2. The Labute approximate surface area is 133 Å². The highest BCUT2D eigenvalue weighted by atomic mass is 19.1. The van der Waals surface area contributed by atoms with Gasteiger partial charge in [-0.1, -0.05) is 12.1 Å². The number of aliphatic hydroxyl groups is 1. The zero-order valence-electron chi connectivity index (χ0n) is 13.2. The summed E-state index contributed by atoms with van der Waals surface area (Å²) in [7, 11) is 0. The fourth-order valence-electron chi connectivity index (χ4n) is 1.92. The Morgan fingerprint density at radius 1 is 1.48 bits per heavy atom. The van der Waals surface area contributed by atoms with Crippen LogP contribution < -0.4 is 5.32 Å². The van der Waals surface area contributed by atoms with Gasteiger partial charge in [-0.25, -0.2) is 4.39 Å². The summed E-state index contributed by atoms with van der Waals surface area (Å²) >= 11 is 0. The number of amides is 1. The molecule has 1 heterocycles. The van der Waals surface area contributed by atoms with E-state index in [4.69, 9.17) is 9.63 Å². The van der Waals surface area contributed by atoms with Gasteiger partial charge in [0.1, 0.15) is 5.82 Å². The third-order valence-electron chi connectivity index (χ3n) is 3.41. The summed E-state index contributed by atoms with van der Waals surface area (Å²) in [6.45, 7) is 3.97. The van der Waals surface area contributed by atoms with Crippen molar-refractivity contribution >= 4 is 5.91 Å². The summed E-state index contributed by atoms with van der Waals surface area (Å²) in [5, 5.41) is 15.5. The van der Waals surface area contributed by atoms with E-state index in [1.54, 1.807) is 19.1 Å². The number of aryl methyl sites for hydroxylation is 2. The lowest BCUT2D eigenvalue weighted by molar-refractivity contribution is -0.121. The molecule has 0 saturated heterocycles. The molecule has 0 bridgehead atoms. The number of benzene rings is 1. The number of halogens is 1. The molecule has 0 aliphatic carbocycles. The molecule has 124 valence electrons. The molecule has 1 atom stereocenters. The van der Waals surface area contributed by atoms with E-state index in [0.29, 0.717) is 35.8 Å². The van der Waals surface area contributed by atoms with Crippen molar-refractivity contribution in [1.82, 2.24) is 15.5 Å². The third-order valence-corrected chi connectivity index (χ3v) is 3.41. The van der Waals surface area contributed by atoms with Gasteiger partial charge in [0.2, 0.25) is 17.6 Å². The van der Waals surface area contributed by atoms with Crippen LogP contribution in [0.1, 0.15) is 24.8 Å². The molecule has 6 nitrogen and oxygen atoms in total. The topological polar surface area (TPSA) is 88.2 Å². The largest absolute Gasteiger partial charge is 0.396 e. The molecule has 2 rings (SSSR count). The van der Waals surface area contributed by atoms with Crippen LogP contribution in [0.2, 0.25) is 0 Å². The molecule has 2 N–H and O–H groups in total. The van der Waals surface area contributed by atoms with E-state index in [1.165, 1.54) is 6.07 Å². The lowest BCUT2D eigenvalue weighted by Gasteiger charge is -2.08. The number of carbonyl (C=O) groups excluding carboxylic acids is 1. The van der Waals surface area contributed by atoms with Crippen LogP contribution in [-0.4, -0.2) is 34.3 Å². The van der Waals surface area contributed by atoms with Gasteiger partial charge in [0, 0.05) is 31.6 Å². The van der Waals surface area contributed by atoms with Crippen LogP contribution >= 0.6 is 0 Å². The second kappa shape index (κ2) is 7.82. The SMILES string of the molecule is Cc1cc(-c2noc(CCC(=O)NCC(C)CO)n2)ccc1F. The van der Waals surface area contributed by atoms with E-state index >= 15 is 0 Å². The maximum atomic E-state index is 13.3. The lowest BCUT2D eigenvalue weighted by Crippen LogP contribution is -2.29. The first-order valence-corrected chi connectivity index (χ1v) is 7.46. The van der Waals surface area contributed by atoms with Crippen LogP contribution in [0.3, 0.4) is 0 Å². The highest BCUT2D eigenvalue weighted by molar-refractivity contribution is 5.76. The zero-order valence-corrected chi connectivity index (χ0v) is 13.2. The van der Waals surface area contributed by atoms with Crippen LogP contribution in [0.25, 0.3) is 11.4 Å². The number of nitrogens with one attached hydrogen (secondary N) is 1. The van der Waals surface area contributed by atoms with E-state index < -0.39 is 0 Å². The predicted molar refractivity (Wildman–Crippen MR) is 82.0 cm³/mol. The number of carbonyl (C=O) groups is 1. The maximum Gasteiger partial charge on any atom is 0.227 e. The van der Waals surface area contributed by atoms with Gasteiger partial charge in [-0.05, 0) is 36.6 Å². The molecule has 23 heavy (non-hydrogen) atoms. The molecule has 1 unspecified atom stereocenters. The quantitative estimate of drug-likeness (QED) is 0.812. The number of aromatic nitrogens is 2. The monoisotopic (exact) mass is 321 g/mol. The average molecular weight is 321 g/mol. The Morgan fingerprint density at radius 3 is 2.96 bits per heavy atom. The minimum atomic E-state index is -0.286. The molecule has 7 heteroatoms. The molecule has 0 fully saturated rings. The van der Waals surface area contributed by atoms with Crippen molar-refractivity contribution in [2.75, 3.05) is 13.2 Å². The molecule has 1 aromatic carbocycles.